The maximum absolute atomic E-state index is 11.9. The molecule has 1 rings (SSSR count). The molecule has 0 fully saturated rings. The molecular formula is C12H18N2O5S. The molecule has 112 valence electrons. The first-order chi connectivity index (χ1) is 9.49. The SMILES string of the molecule is COCC(CO)NC(=O)CNS(=O)(=O)c1ccccc1. The summed E-state index contributed by atoms with van der Waals surface area (Å²) < 4.78 is 30.7. The molecule has 0 saturated carbocycles. The van der Waals surface area contributed by atoms with Crippen LogP contribution in [0.3, 0.4) is 0 Å². The minimum absolute atomic E-state index is 0.0865. The highest BCUT2D eigenvalue weighted by Gasteiger charge is 2.16. The Morgan fingerprint density at radius 1 is 1.35 bits per heavy atom. The summed E-state index contributed by atoms with van der Waals surface area (Å²) in [7, 11) is -2.28. The number of carbonyl (C=O) groups excluding carboxylic acids is 1. The number of aliphatic hydroxyl groups is 1. The van der Waals surface area contributed by atoms with E-state index in [0.717, 1.165) is 0 Å². The van der Waals surface area contributed by atoms with E-state index >= 15 is 0 Å². The smallest absolute Gasteiger partial charge is 0.241 e. The fraction of sp³-hybridized carbons (Fsp3) is 0.417. The Morgan fingerprint density at radius 3 is 2.55 bits per heavy atom. The number of sulfonamides is 1. The van der Waals surface area contributed by atoms with E-state index in [0.29, 0.717) is 0 Å². The van der Waals surface area contributed by atoms with Crippen LogP contribution in [0.2, 0.25) is 0 Å². The second-order valence-electron chi connectivity index (χ2n) is 4.04. The summed E-state index contributed by atoms with van der Waals surface area (Å²) in [6, 6.07) is 7.18. The van der Waals surface area contributed by atoms with Gasteiger partial charge in [0.1, 0.15) is 0 Å². The second-order valence-corrected chi connectivity index (χ2v) is 5.81. The predicted octanol–water partition coefficient (Wildman–Crippen LogP) is -0.912. The molecule has 0 aliphatic carbocycles. The minimum Gasteiger partial charge on any atom is -0.394 e. The summed E-state index contributed by atoms with van der Waals surface area (Å²) in [5.74, 6) is -0.541. The minimum atomic E-state index is -3.71. The lowest BCUT2D eigenvalue weighted by Gasteiger charge is -2.15. The lowest BCUT2D eigenvalue weighted by Crippen LogP contribution is -2.45. The van der Waals surface area contributed by atoms with Crippen molar-refractivity contribution < 1.29 is 23.1 Å². The van der Waals surface area contributed by atoms with E-state index in [4.69, 9.17) is 9.84 Å². The number of ether oxygens (including phenoxy) is 1. The summed E-state index contributed by atoms with van der Waals surface area (Å²) in [5.41, 5.74) is 0. The molecule has 1 unspecified atom stereocenters. The fourth-order valence-corrected chi connectivity index (χ4v) is 2.47. The molecule has 0 aromatic heterocycles. The van der Waals surface area contributed by atoms with Gasteiger partial charge in [0, 0.05) is 7.11 Å². The Kier molecular flexibility index (Phi) is 6.59. The largest absolute Gasteiger partial charge is 0.394 e. The van der Waals surface area contributed by atoms with Crippen LogP contribution in [0.25, 0.3) is 0 Å². The Bertz CT molecular complexity index is 518. The summed E-state index contributed by atoms with van der Waals surface area (Å²) in [5, 5.41) is 11.4. The zero-order valence-electron chi connectivity index (χ0n) is 11.1. The number of hydrogen-bond donors (Lipinski definition) is 3. The van der Waals surface area contributed by atoms with Crippen molar-refractivity contribution >= 4 is 15.9 Å². The second kappa shape index (κ2) is 7.95. The highest BCUT2D eigenvalue weighted by molar-refractivity contribution is 7.89. The van der Waals surface area contributed by atoms with Gasteiger partial charge >= 0.3 is 0 Å². The molecule has 0 aliphatic rings. The van der Waals surface area contributed by atoms with E-state index in [1.54, 1.807) is 18.2 Å². The van der Waals surface area contributed by atoms with Gasteiger partial charge in [0.15, 0.2) is 0 Å². The number of hydrogen-bond acceptors (Lipinski definition) is 5. The Hall–Kier alpha value is -1.48. The summed E-state index contributed by atoms with van der Waals surface area (Å²) in [6.45, 7) is -0.546. The molecule has 0 radical (unpaired) electrons. The molecule has 1 aromatic carbocycles. The van der Waals surface area contributed by atoms with Crippen LogP contribution in [0.5, 0.6) is 0 Å². The average Bonchev–Trinajstić information content (AvgIpc) is 2.46. The Labute approximate surface area is 118 Å². The molecule has 8 heteroatoms. The highest BCUT2D eigenvalue weighted by atomic mass is 32.2. The lowest BCUT2D eigenvalue weighted by atomic mass is 10.3. The monoisotopic (exact) mass is 302 g/mol. The quantitative estimate of drug-likeness (QED) is 0.576. The van der Waals surface area contributed by atoms with Crippen LogP contribution in [0, 0.1) is 0 Å². The number of nitrogens with one attached hydrogen (secondary N) is 2. The number of aliphatic hydroxyl groups excluding tert-OH is 1. The third-order valence-electron chi connectivity index (χ3n) is 2.43. The van der Waals surface area contributed by atoms with Crippen LogP contribution in [0.1, 0.15) is 0 Å². The number of rotatable bonds is 8. The summed E-state index contributed by atoms with van der Waals surface area (Å²) in [4.78, 5) is 11.6. The van der Waals surface area contributed by atoms with Crippen molar-refractivity contribution in [3.8, 4) is 0 Å². The maximum Gasteiger partial charge on any atom is 0.241 e. The molecule has 7 nitrogen and oxygen atoms in total. The normalized spacial score (nSPS) is 12.9. The van der Waals surface area contributed by atoms with E-state index in [9.17, 15) is 13.2 Å². The first kappa shape index (κ1) is 16.6. The molecular weight excluding hydrogens is 284 g/mol. The van der Waals surface area contributed by atoms with Gasteiger partial charge in [-0.25, -0.2) is 13.1 Å². The number of benzene rings is 1. The van der Waals surface area contributed by atoms with E-state index in [1.165, 1.54) is 19.2 Å². The van der Waals surface area contributed by atoms with E-state index in [-0.39, 0.29) is 18.1 Å². The molecule has 0 aliphatic heterocycles. The number of methoxy groups -OCH3 is 1. The van der Waals surface area contributed by atoms with Crippen molar-refractivity contribution in [2.75, 3.05) is 26.9 Å². The molecule has 3 N–H and O–H groups in total. The van der Waals surface area contributed by atoms with Crippen LogP contribution in [0.4, 0.5) is 0 Å². The van der Waals surface area contributed by atoms with Gasteiger partial charge in [-0.15, -0.1) is 0 Å². The highest BCUT2D eigenvalue weighted by Crippen LogP contribution is 2.06. The third kappa shape index (κ3) is 5.25. The van der Waals surface area contributed by atoms with Crippen LogP contribution >= 0.6 is 0 Å². The van der Waals surface area contributed by atoms with Gasteiger partial charge < -0.3 is 15.2 Å². The standard InChI is InChI=1S/C12H18N2O5S/c1-19-9-10(8-15)14-12(16)7-13-20(17,18)11-5-3-2-4-6-11/h2-6,10,13,15H,7-9H2,1H3,(H,14,16). The predicted molar refractivity (Wildman–Crippen MR) is 72.5 cm³/mol. The fourth-order valence-electron chi connectivity index (χ4n) is 1.46. The topological polar surface area (TPSA) is 105 Å². The van der Waals surface area contributed by atoms with Gasteiger partial charge in [-0.3, -0.25) is 4.79 Å². The molecule has 1 amide bonds. The van der Waals surface area contributed by atoms with Crippen molar-refractivity contribution in [3.05, 3.63) is 30.3 Å². The van der Waals surface area contributed by atoms with Crippen LogP contribution in [0.15, 0.2) is 35.2 Å². The van der Waals surface area contributed by atoms with Gasteiger partial charge in [-0.2, -0.15) is 0 Å². The summed E-state index contributed by atoms with van der Waals surface area (Å²) in [6.07, 6.45) is 0. The molecule has 1 aromatic rings. The summed E-state index contributed by atoms with van der Waals surface area (Å²) >= 11 is 0. The van der Waals surface area contributed by atoms with E-state index < -0.39 is 28.5 Å². The zero-order valence-corrected chi connectivity index (χ0v) is 11.9. The molecule has 0 spiro atoms. The Balaban J connectivity index is 2.52. The average molecular weight is 302 g/mol. The van der Waals surface area contributed by atoms with Crippen molar-refractivity contribution in [3.63, 3.8) is 0 Å². The number of carbonyl (C=O) groups is 1. The van der Waals surface area contributed by atoms with Gasteiger partial charge in [-0.1, -0.05) is 18.2 Å². The Morgan fingerprint density at radius 2 is 2.00 bits per heavy atom. The van der Waals surface area contributed by atoms with Crippen molar-refractivity contribution in [1.82, 2.24) is 10.0 Å². The molecule has 20 heavy (non-hydrogen) atoms. The van der Waals surface area contributed by atoms with E-state index in [1.807, 2.05) is 0 Å². The zero-order chi connectivity index (χ0) is 15.0. The van der Waals surface area contributed by atoms with Crippen LogP contribution in [-0.4, -0.2) is 52.3 Å². The van der Waals surface area contributed by atoms with Gasteiger partial charge in [-0.05, 0) is 12.1 Å². The molecule has 0 saturated heterocycles. The maximum atomic E-state index is 11.9. The van der Waals surface area contributed by atoms with Gasteiger partial charge in [0.05, 0.1) is 30.7 Å². The third-order valence-corrected chi connectivity index (χ3v) is 3.85. The van der Waals surface area contributed by atoms with Crippen molar-refractivity contribution in [2.45, 2.75) is 10.9 Å². The van der Waals surface area contributed by atoms with Crippen molar-refractivity contribution in [1.29, 1.82) is 0 Å². The van der Waals surface area contributed by atoms with Gasteiger partial charge in [0.2, 0.25) is 15.9 Å². The van der Waals surface area contributed by atoms with Gasteiger partial charge in [0.25, 0.3) is 0 Å². The molecule has 1 atom stereocenters. The lowest BCUT2D eigenvalue weighted by molar-refractivity contribution is -0.121. The first-order valence-electron chi connectivity index (χ1n) is 5.93. The first-order valence-corrected chi connectivity index (χ1v) is 7.41. The molecule has 0 heterocycles. The van der Waals surface area contributed by atoms with Crippen LogP contribution < -0.4 is 10.0 Å². The molecule has 0 bridgehead atoms. The van der Waals surface area contributed by atoms with Crippen molar-refractivity contribution in [2.24, 2.45) is 0 Å². The number of amides is 1. The van der Waals surface area contributed by atoms with E-state index in [2.05, 4.69) is 10.0 Å². The van der Waals surface area contributed by atoms with Crippen LogP contribution in [-0.2, 0) is 19.6 Å².